The molecule has 0 unspecified atom stereocenters. The summed E-state index contributed by atoms with van der Waals surface area (Å²) in [4.78, 5) is 21.7. The second-order valence-corrected chi connectivity index (χ2v) is 4.52. The third-order valence-corrected chi connectivity index (χ3v) is 2.92. The van der Waals surface area contributed by atoms with Crippen LogP contribution in [0.2, 0.25) is 0 Å². The van der Waals surface area contributed by atoms with E-state index >= 15 is 0 Å². The van der Waals surface area contributed by atoms with Gasteiger partial charge in [-0.15, -0.1) is 0 Å². The lowest BCUT2D eigenvalue weighted by atomic mass is 10.3. The van der Waals surface area contributed by atoms with Crippen LogP contribution in [-0.2, 0) is 4.79 Å². The summed E-state index contributed by atoms with van der Waals surface area (Å²) in [6, 6.07) is 7.10. The van der Waals surface area contributed by atoms with Crippen molar-refractivity contribution in [2.24, 2.45) is 0 Å². The van der Waals surface area contributed by atoms with Gasteiger partial charge in [-0.2, -0.15) is 0 Å². The Hall–Kier alpha value is -1.31. The molecule has 0 saturated carbocycles. The van der Waals surface area contributed by atoms with Crippen molar-refractivity contribution >= 4 is 40.3 Å². The quantitative estimate of drug-likeness (QED) is 0.564. The molecule has 1 aromatic carbocycles. The van der Waals surface area contributed by atoms with Gasteiger partial charge in [0, 0.05) is 16.5 Å². The topological polar surface area (TPSA) is 78.4 Å². The summed E-state index contributed by atoms with van der Waals surface area (Å²) in [6.45, 7) is 0.349. The first kappa shape index (κ1) is 13.8. The van der Waals surface area contributed by atoms with Gasteiger partial charge in [-0.3, -0.25) is 4.79 Å². The molecule has 92 valence electrons. The SMILES string of the molecule is O=C(O)CCCNC(=O)Nc1ccccc1I. The van der Waals surface area contributed by atoms with Crippen LogP contribution in [0.1, 0.15) is 12.8 Å². The second kappa shape index (κ2) is 7.10. The Bertz CT molecular complexity index is 409. The van der Waals surface area contributed by atoms with Gasteiger partial charge >= 0.3 is 12.0 Å². The van der Waals surface area contributed by atoms with Crippen LogP contribution < -0.4 is 10.6 Å². The molecule has 0 radical (unpaired) electrons. The largest absolute Gasteiger partial charge is 0.481 e. The smallest absolute Gasteiger partial charge is 0.319 e. The van der Waals surface area contributed by atoms with Crippen LogP contribution in [0.4, 0.5) is 10.5 Å². The van der Waals surface area contributed by atoms with Crippen molar-refractivity contribution in [1.82, 2.24) is 5.32 Å². The van der Waals surface area contributed by atoms with E-state index in [1.54, 1.807) is 6.07 Å². The molecule has 0 aliphatic carbocycles. The highest BCUT2D eigenvalue weighted by molar-refractivity contribution is 14.1. The van der Waals surface area contributed by atoms with Crippen LogP contribution in [0.25, 0.3) is 0 Å². The summed E-state index contributed by atoms with van der Waals surface area (Å²) in [5.74, 6) is -0.857. The number of hydrogen-bond acceptors (Lipinski definition) is 2. The highest BCUT2D eigenvalue weighted by atomic mass is 127. The number of urea groups is 1. The molecule has 0 aromatic heterocycles. The zero-order chi connectivity index (χ0) is 12.7. The summed E-state index contributed by atoms with van der Waals surface area (Å²) in [5.41, 5.74) is 0.740. The number of carboxylic acid groups (broad SMARTS) is 1. The number of amides is 2. The predicted molar refractivity (Wildman–Crippen MR) is 73.1 cm³/mol. The second-order valence-electron chi connectivity index (χ2n) is 3.36. The van der Waals surface area contributed by atoms with Crippen LogP contribution in [0.3, 0.4) is 0 Å². The fourth-order valence-corrected chi connectivity index (χ4v) is 1.69. The Labute approximate surface area is 113 Å². The number of nitrogens with one attached hydrogen (secondary N) is 2. The minimum Gasteiger partial charge on any atom is -0.481 e. The summed E-state index contributed by atoms with van der Waals surface area (Å²) in [7, 11) is 0. The number of halogens is 1. The fourth-order valence-electron chi connectivity index (χ4n) is 1.17. The van der Waals surface area contributed by atoms with Gasteiger partial charge in [0.15, 0.2) is 0 Å². The normalized spacial score (nSPS) is 9.71. The maximum atomic E-state index is 11.4. The molecular weight excluding hydrogens is 335 g/mol. The highest BCUT2D eigenvalue weighted by Crippen LogP contribution is 2.16. The first-order valence-corrected chi connectivity index (χ1v) is 6.18. The Morgan fingerprint density at radius 3 is 2.65 bits per heavy atom. The highest BCUT2D eigenvalue weighted by Gasteiger charge is 2.04. The van der Waals surface area contributed by atoms with Crippen molar-refractivity contribution in [3.63, 3.8) is 0 Å². The van der Waals surface area contributed by atoms with Crippen molar-refractivity contribution in [2.75, 3.05) is 11.9 Å². The lowest BCUT2D eigenvalue weighted by Gasteiger charge is -2.08. The van der Waals surface area contributed by atoms with Crippen molar-refractivity contribution in [3.05, 3.63) is 27.8 Å². The molecular formula is C11H13IN2O3. The van der Waals surface area contributed by atoms with Crippen molar-refractivity contribution in [3.8, 4) is 0 Å². The zero-order valence-electron chi connectivity index (χ0n) is 9.07. The lowest BCUT2D eigenvalue weighted by Crippen LogP contribution is -2.30. The molecule has 17 heavy (non-hydrogen) atoms. The van der Waals surface area contributed by atoms with E-state index in [4.69, 9.17) is 5.11 Å². The molecule has 0 atom stereocenters. The van der Waals surface area contributed by atoms with Gasteiger partial charge in [0.25, 0.3) is 0 Å². The van der Waals surface area contributed by atoms with E-state index < -0.39 is 5.97 Å². The Morgan fingerprint density at radius 2 is 2.00 bits per heavy atom. The van der Waals surface area contributed by atoms with Crippen LogP contribution in [0.15, 0.2) is 24.3 Å². The number of carbonyl (C=O) groups is 2. The van der Waals surface area contributed by atoms with Gasteiger partial charge < -0.3 is 15.7 Å². The average molecular weight is 348 g/mol. The number of anilines is 1. The molecule has 0 heterocycles. The third-order valence-electron chi connectivity index (χ3n) is 1.98. The van der Waals surface area contributed by atoms with Gasteiger partial charge in [-0.05, 0) is 41.1 Å². The maximum absolute atomic E-state index is 11.4. The number of hydrogen-bond donors (Lipinski definition) is 3. The van der Waals surface area contributed by atoms with E-state index in [0.717, 1.165) is 9.26 Å². The van der Waals surface area contributed by atoms with Crippen LogP contribution in [0, 0.1) is 3.57 Å². The fraction of sp³-hybridized carbons (Fsp3) is 0.273. The van der Waals surface area contributed by atoms with E-state index in [2.05, 4.69) is 33.2 Å². The molecule has 1 rings (SSSR count). The first-order valence-electron chi connectivity index (χ1n) is 5.11. The number of carbonyl (C=O) groups excluding carboxylic acids is 1. The van der Waals surface area contributed by atoms with E-state index in [1.165, 1.54) is 0 Å². The number of benzene rings is 1. The summed E-state index contributed by atoms with van der Waals surface area (Å²) >= 11 is 2.13. The third kappa shape index (κ3) is 5.53. The minimum absolute atomic E-state index is 0.0587. The molecule has 0 aliphatic heterocycles. The molecule has 1 aromatic rings. The van der Waals surface area contributed by atoms with E-state index in [9.17, 15) is 9.59 Å². The summed E-state index contributed by atoms with van der Waals surface area (Å²) in [6.07, 6.45) is 0.484. The number of rotatable bonds is 5. The standard InChI is InChI=1S/C11H13IN2O3/c12-8-4-1-2-5-9(8)14-11(17)13-7-3-6-10(15)16/h1-2,4-5H,3,6-7H2,(H,15,16)(H2,13,14,17). The van der Waals surface area contributed by atoms with Crippen LogP contribution >= 0.6 is 22.6 Å². The van der Waals surface area contributed by atoms with Gasteiger partial charge in [-0.1, -0.05) is 12.1 Å². The van der Waals surface area contributed by atoms with E-state index in [-0.39, 0.29) is 12.5 Å². The molecule has 0 aliphatic rings. The molecule has 0 saturated heterocycles. The van der Waals surface area contributed by atoms with Crippen molar-refractivity contribution < 1.29 is 14.7 Å². The van der Waals surface area contributed by atoms with E-state index in [0.29, 0.717) is 13.0 Å². The van der Waals surface area contributed by atoms with Gasteiger partial charge in [0.2, 0.25) is 0 Å². The zero-order valence-corrected chi connectivity index (χ0v) is 11.2. The molecule has 0 spiro atoms. The lowest BCUT2D eigenvalue weighted by molar-refractivity contribution is -0.137. The van der Waals surface area contributed by atoms with Gasteiger partial charge in [0.05, 0.1) is 5.69 Å². The predicted octanol–water partition coefficient (Wildman–Crippen LogP) is 2.28. The maximum Gasteiger partial charge on any atom is 0.319 e. The Morgan fingerprint density at radius 1 is 1.29 bits per heavy atom. The average Bonchev–Trinajstić information content (AvgIpc) is 2.27. The van der Waals surface area contributed by atoms with Crippen molar-refractivity contribution in [2.45, 2.75) is 12.8 Å². The number of carboxylic acids is 1. The first-order chi connectivity index (χ1) is 8.09. The van der Waals surface area contributed by atoms with E-state index in [1.807, 2.05) is 18.2 Å². The van der Waals surface area contributed by atoms with Gasteiger partial charge in [-0.25, -0.2) is 4.79 Å². The molecule has 3 N–H and O–H groups in total. The molecule has 5 nitrogen and oxygen atoms in total. The van der Waals surface area contributed by atoms with Crippen molar-refractivity contribution in [1.29, 1.82) is 0 Å². The number of para-hydroxylation sites is 1. The Balaban J connectivity index is 2.30. The molecule has 2 amide bonds. The molecule has 6 heteroatoms. The Kier molecular flexibility index (Phi) is 5.75. The molecule has 0 bridgehead atoms. The summed E-state index contributed by atoms with van der Waals surface area (Å²) < 4.78 is 0.950. The van der Waals surface area contributed by atoms with Crippen LogP contribution in [-0.4, -0.2) is 23.7 Å². The summed E-state index contributed by atoms with van der Waals surface area (Å²) in [5, 5.41) is 13.7. The van der Waals surface area contributed by atoms with Gasteiger partial charge in [0.1, 0.15) is 0 Å². The minimum atomic E-state index is -0.857. The monoisotopic (exact) mass is 348 g/mol. The molecule has 0 fully saturated rings. The number of aliphatic carboxylic acids is 1. The van der Waals surface area contributed by atoms with Crippen LogP contribution in [0.5, 0.6) is 0 Å².